The molecule has 0 aliphatic carbocycles. The summed E-state index contributed by atoms with van der Waals surface area (Å²) in [5.74, 6) is 0.372. The number of nitrogens with one attached hydrogen (secondary N) is 1. The van der Waals surface area contributed by atoms with Crippen LogP contribution in [0.1, 0.15) is 12.8 Å². The summed E-state index contributed by atoms with van der Waals surface area (Å²) in [5, 5.41) is 3.49. The van der Waals surface area contributed by atoms with Crippen LogP contribution in [-0.2, 0) is 0 Å². The number of anilines is 1. The molecule has 0 spiro atoms. The molecule has 4 nitrogen and oxygen atoms in total. The minimum atomic E-state index is -0.281. The lowest BCUT2D eigenvalue weighted by atomic mass is 10.1. The maximum atomic E-state index is 12.9. The minimum Gasteiger partial charge on any atom is -0.490 e. The minimum absolute atomic E-state index is 0.0371. The van der Waals surface area contributed by atoms with Crippen LogP contribution in [0.4, 0.5) is 14.9 Å². The lowest BCUT2D eigenvalue weighted by Gasteiger charge is -2.32. The third-order valence-electron chi connectivity index (χ3n) is 3.94. The second kappa shape index (κ2) is 7.53. The first-order chi connectivity index (χ1) is 11.6. The number of hydrogen-bond acceptors (Lipinski definition) is 2. The maximum absolute atomic E-state index is 12.9. The lowest BCUT2D eigenvalue weighted by Crippen LogP contribution is -2.43. The molecule has 1 fully saturated rings. The zero-order valence-corrected chi connectivity index (χ0v) is 13.8. The second-order valence-electron chi connectivity index (χ2n) is 5.70. The Bertz CT molecular complexity index is 683. The summed E-state index contributed by atoms with van der Waals surface area (Å²) in [6, 6.07) is 12.9. The fraction of sp³-hybridized carbons (Fsp3) is 0.278. The number of carbonyl (C=O) groups is 1. The molecular formula is C18H18ClFN2O2. The fourth-order valence-electron chi connectivity index (χ4n) is 2.62. The Kier molecular flexibility index (Phi) is 5.20. The summed E-state index contributed by atoms with van der Waals surface area (Å²) in [4.78, 5) is 14.0. The number of benzene rings is 2. The zero-order chi connectivity index (χ0) is 16.9. The van der Waals surface area contributed by atoms with Crippen molar-refractivity contribution >= 4 is 23.3 Å². The van der Waals surface area contributed by atoms with E-state index >= 15 is 0 Å². The van der Waals surface area contributed by atoms with Crippen LogP contribution in [0.15, 0.2) is 48.5 Å². The zero-order valence-electron chi connectivity index (χ0n) is 13.0. The van der Waals surface area contributed by atoms with Gasteiger partial charge in [0, 0.05) is 36.6 Å². The van der Waals surface area contributed by atoms with Gasteiger partial charge in [-0.15, -0.1) is 0 Å². The van der Waals surface area contributed by atoms with Gasteiger partial charge < -0.3 is 15.0 Å². The van der Waals surface area contributed by atoms with E-state index in [1.165, 1.54) is 12.1 Å². The topological polar surface area (TPSA) is 41.6 Å². The third kappa shape index (κ3) is 4.38. The summed E-state index contributed by atoms with van der Waals surface area (Å²) in [6.07, 6.45) is 1.52. The van der Waals surface area contributed by atoms with Crippen LogP contribution in [0.5, 0.6) is 5.75 Å². The number of carbonyl (C=O) groups excluding carboxylic acids is 1. The van der Waals surface area contributed by atoms with Gasteiger partial charge in [-0.2, -0.15) is 0 Å². The number of hydrogen-bond donors (Lipinski definition) is 1. The molecule has 126 valence electrons. The van der Waals surface area contributed by atoms with Crippen LogP contribution in [0.3, 0.4) is 0 Å². The van der Waals surface area contributed by atoms with Gasteiger partial charge in [-0.25, -0.2) is 9.18 Å². The van der Waals surface area contributed by atoms with Crippen molar-refractivity contribution in [1.29, 1.82) is 0 Å². The molecule has 0 radical (unpaired) electrons. The highest BCUT2D eigenvalue weighted by atomic mass is 35.5. The average molecular weight is 349 g/mol. The number of rotatable bonds is 3. The van der Waals surface area contributed by atoms with Gasteiger partial charge in [0.25, 0.3) is 0 Å². The van der Waals surface area contributed by atoms with Gasteiger partial charge in [-0.3, -0.25) is 0 Å². The molecule has 0 bridgehead atoms. The SMILES string of the molecule is O=C(Nc1ccc(Cl)cc1)N1CCC(Oc2ccc(F)cc2)CC1. The molecule has 0 unspecified atom stereocenters. The lowest BCUT2D eigenvalue weighted by molar-refractivity contribution is 0.115. The molecule has 0 saturated carbocycles. The van der Waals surface area contributed by atoms with Crippen LogP contribution in [-0.4, -0.2) is 30.1 Å². The molecule has 2 aromatic carbocycles. The van der Waals surface area contributed by atoms with Crippen LogP contribution in [0.25, 0.3) is 0 Å². The van der Waals surface area contributed by atoms with Gasteiger partial charge in [-0.05, 0) is 48.5 Å². The second-order valence-corrected chi connectivity index (χ2v) is 6.13. The summed E-state index contributed by atoms with van der Waals surface area (Å²) in [6.45, 7) is 1.23. The number of urea groups is 1. The highest BCUT2D eigenvalue weighted by molar-refractivity contribution is 6.30. The standard InChI is InChI=1S/C18H18ClFN2O2/c19-13-1-5-15(6-2-13)21-18(23)22-11-9-17(10-12-22)24-16-7-3-14(20)4-8-16/h1-8,17H,9-12H2,(H,21,23). The van der Waals surface area contributed by atoms with Crippen molar-refractivity contribution in [3.05, 3.63) is 59.4 Å². The molecule has 6 heteroatoms. The van der Waals surface area contributed by atoms with Crippen molar-refractivity contribution in [2.45, 2.75) is 18.9 Å². The number of halogens is 2. The Balaban J connectivity index is 1.48. The van der Waals surface area contributed by atoms with Gasteiger partial charge in [0.05, 0.1) is 0 Å². The number of nitrogens with zero attached hydrogens (tertiary/aromatic N) is 1. The summed E-state index contributed by atoms with van der Waals surface area (Å²) in [5.41, 5.74) is 0.717. The van der Waals surface area contributed by atoms with E-state index in [0.29, 0.717) is 29.5 Å². The smallest absolute Gasteiger partial charge is 0.321 e. The predicted octanol–water partition coefficient (Wildman–Crippen LogP) is 4.55. The molecule has 1 aliphatic heterocycles. The van der Waals surface area contributed by atoms with Crippen LogP contribution in [0, 0.1) is 5.82 Å². The first-order valence-corrected chi connectivity index (χ1v) is 8.22. The molecule has 2 aromatic rings. The molecule has 1 saturated heterocycles. The molecule has 1 aliphatic rings. The summed E-state index contributed by atoms with van der Waals surface area (Å²) >= 11 is 5.83. The van der Waals surface area contributed by atoms with Crippen LogP contribution in [0.2, 0.25) is 5.02 Å². The summed E-state index contributed by atoms with van der Waals surface area (Å²) in [7, 11) is 0. The highest BCUT2D eigenvalue weighted by Gasteiger charge is 2.24. The Morgan fingerprint density at radius 3 is 2.33 bits per heavy atom. The number of likely N-dealkylation sites (tertiary alicyclic amines) is 1. The van der Waals surface area contributed by atoms with E-state index in [2.05, 4.69) is 5.32 Å². The molecule has 1 N–H and O–H groups in total. The van der Waals surface area contributed by atoms with Crippen molar-refractivity contribution in [3.8, 4) is 5.75 Å². The molecule has 24 heavy (non-hydrogen) atoms. The monoisotopic (exact) mass is 348 g/mol. The normalized spacial score (nSPS) is 15.2. The quantitative estimate of drug-likeness (QED) is 0.883. The van der Waals surface area contributed by atoms with Crippen LogP contribution >= 0.6 is 11.6 Å². The maximum Gasteiger partial charge on any atom is 0.321 e. The van der Waals surface area contributed by atoms with E-state index in [0.717, 1.165) is 12.8 Å². The predicted molar refractivity (Wildman–Crippen MR) is 92.1 cm³/mol. The van der Waals surface area contributed by atoms with E-state index in [-0.39, 0.29) is 18.0 Å². The summed E-state index contributed by atoms with van der Waals surface area (Å²) < 4.78 is 18.7. The van der Waals surface area contributed by atoms with E-state index in [4.69, 9.17) is 16.3 Å². The van der Waals surface area contributed by atoms with Crippen molar-refractivity contribution in [2.75, 3.05) is 18.4 Å². The van der Waals surface area contributed by atoms with E-state index in [1.807, 2.05) is 0 Å². The van der Waals surface area contributed by atoms with Gasteiger partial charge in [-0.1, -0.05) is 11.6 Å². The molecule has 2 amide bonds. The highest BCUT2D eigenvalue weighted by Crippen LogP contribution is 2.20. The Hall–Kier alpha value is -2.27. The fourth-order valence-corrected chi connectivity index (χ4v) is 2.74. The third-order valence-corrected chi connectivity index (χ3v) is 4.19. The average Bonchev–Trinajstić information content (AvgIpc) is 2.59. The van der Waals surface area contributed by atoms with E-state index in [9.17, 15) is 9.18 Å². The van der Waals surface area contributed by atoms with Gasteiger partial charge in [0.1, 0.15) is 17.7 Å². The Morgan fingerprint density at radius 2 is 1.71 bits per heavy atom. The number of ether oxygens (including phenoxy) is 1. The van der Waals surface area contributed by atoms with E-state index < -0.39 is 0 Å². The Labute approximate surface area is 145 Å². The van der Waals surface area contributed by atoms with Gasteiger partial charge in [0.15, 0.2) is 0 Å². The molecule has 3 rings (SSSR count). The van der Waals surface area contributed by atoms with Crippen molar-refractivity contribution < 1.29 is 13.9 Å². The van der Waals surface area contributed by atoms with Crippen molar-refractivity contribution in [3.63, 3.8) is 0 Å². The largest absolute Gasteiger partial charge is 0.490 e. The van der Waals surface area contributed by atoms with E-state index in [1.54, 1.807) is 41.3 Å². The number of amides is 2. The van der Waals surface area contributed by atoms with Crippen LogP contribution < -0.4 is 10.1 Å². The molecule has 0 aromatic heterocycles. The Morgan fingerprint density at radius 1 is 1.08 bits per heavy atom. The first-order valence-electron chi connectivity index (χ1n) is 7.84. The van der Waals surface area contributed by atoms with Gasteiger partial charge >= 0.3 is 6.03 Å². The molecular weight excluding hydrogens is 331 g/mol. The number of piperidine rings is 1. The molecule has 0 atom stereocenters. The first kappa shape index (κ1) is 16.6. The van der Waals surface area contributed by atoms with Crippen molar-refractivity contribution in [1.82, 2.24) is 4.90 Å². The van der Waals surface area contributed by atoms with Crippen molar-refractivity contribution in [2.24, 2.45) is 0 Å². The van der Waals surface area contributed by atoms with Gasteiger partial charge in [0.2, 0.25) is 0 Å². The molecule has 1 heterocycles.